The second-order valence-corrected chi connectivity index (χ2v) is 4.75. The maximum absolute atomic E-state index is 11.7. The van der Waals surface area contributed by atoms with Crippen LogP contribution >= 0.6 is 0 Å². The first-order valence-corrected chi connectivity index (χ1v) is 6.66. The number of anilines is 1. The third-order valence-electron chi connectivity index (χ3n) is 3.15. The minimum Gasteiger partial charge on any atom is -0.481 e. The summed E-state index contributed by atoms with van der Waals surface area (Å²) in [6.07, 6.45) is 3.53. The highest BCUT2D eigenvalue weighted by molar-refractivity contribution is 5.66. The van der Waals surface area contributed by atoms with Crippen LogP contribution in [-0.4, -0.2) is 26.8 Å². The molecule has 0 unspecified atom stereocenters. The highest BCUT2D eigenvalue weighted by atomic mass is 16.4. The molecule has 1 rings (SSSR count). The van der Waals surface area contributed by atoms with E-state index in [4.69, 9.17) is 5.11 Å². The van der Waals surface area contributed by atoms with Crippen LogP contribution in [0.15, 0.2) is 15.7 Å². The number of hydrogen-bond donors (Lipinski definition) is 2. The standard InChI is InChI=1S/C13H21N3O4/c1-15-10(9-11(17)16(2)13(15)20)14-8-6-4-3-5-7-12(18)19/h9,14H,3-8H2,1-2H3,(H,18,19). The van der Waals surface area contributed by atoms with E-state index in [1.165, 1.54) is 17.7 Å². The Morgan fingerprint density at radius 2 is 1.80 bits per heavy atom. The quantitative estimate of drug-likeness (QED) is 0.679. The Bertz CT molecular complexity index is 574. The van der Waals surface area contributed by atoms with Crippen molar-refractivity contribution in [1.82, 2.24) is 9.13 Å². The van der Waals surface area contributed by atoms with Crippen molar-refractivity contribution in [3.8, 4) is 0 Å². The average molecular weight is 283 g/mol. The molecule has 0 bridgehead atoms. The lowest BCUT2D eigenvalue weighted by Gasteiger charge is -2.11. The van der Waals surface area contributed by atoms with Crippen LogP contribution in [0.4, 0.5) is 5.82 Å². The molecule has 7 nitrogen and oxygen atoms in total. The molecule has 0 saturated carbocycles. The van der Waals surface area contributed by atoms with Gasteiger partial charge in [0.2, 0.25) is 0 Å². The van der Waals surface area contributed by atoms with Crippen molar-refractivity contribution < 1.29 is 9.90 Å². The summed E-state index contributed by atoms with van der Waals surface area (Å²) in [6.45, 7) is 0.646. The lowest BCUT2D eigenvalue weighted by atomic mass is 10.1. The zero-order valence-electron chi connectivity index (χ0n) is 11.9. The molecular formula is C13H21N3O4. The zero-order valence-corrected chi connectivity index (χ0v) is 11.9. The fourth-order valence-electron chi connectivity index (χ4n) is 1.87. The van der Waals surface area contributed by atoms with Crippen molar-refractivity contribution in [2.24, 2.45) is 14.1 Å². The summed E-state index contributed by atoms with van der Waals surface area (Å²) < 4.78 is 2.45. The molecule has 0 spiro atoms. The van der Waals surface area contributed by atoms with Gasteiger partial charge >= 0.3 is 11.7 Å². The molecule has 0 aliphatic rings. The molecule has 7 heteroatoms. The van der Waals surface area contributed by atoms with Crippen molar-refractivity contribution in [2.75, 3.05) is 11.9 Å². The van der Waals surface area contributed by atoms with E-state index >= 15 is 0 Å². The minimum absolute atomic E-state index is 0.205. The van der Waals surface area contributed by atoms with E-state index in [-0.39, 0.29) is 17.7 Å². The summed E-state index contributed by atoms with van der Waals surface area (Å²) in [5.74, 6) is -0.262. The molecule has 1 aromatic rings. The van der Waals surface area contributed by atoms with Gasteiger partial charge in [0.05, 0.1) is 0 Å². The summed E-state index contributed by atoms with van der Waals surface area (Å²) in [4.78, 5) is 33.5. The second-order valence-electron chi connectivity index (χ2n) is 4.75. The molecule has 0 saturated heterocycles. The third-order valence-corrected chi connectivity index (χ3v) is 3.15. The van der Waals surface area contributed by atoms with Gasteiger partial charge in [-0.1, -0.05) is 12.8 Å². The predicted molar refractivity (Wildman–Crippen MR) is 76.1 cm³/mol. The average Bonchev–Trinajstić information content (AvgIpc) is 2.40. The van der Waals surface area contributed by atoms with Crippen molar-refractivity contribution >= 4 is 11.8 Å². The molecule has 0 aliphatic carbocycles. The summed E-state index contributed by atoms with van der Waals surface area (Å²) in [7, 11) is 3.05. The number of unbranched alkanes of at least 4 members (excludes halogenated alkanes) is 3. The lowest BCUT2D eigenvalue weighted by molar-refractivity contribution is -0.137. The Labute approximate surface area is 116 Å². The Hall–Kier alpha value is -2.05. The molecular weight excluding hydrogens is 262 g/mol. The van der Waals surface area contributed by atoms with Crippen molar-refractivity contribution in [2.45, 2.75) is 32.1 Å². The number of carboxylic acid groups (broad SMARTS) is 1. The Morgan fingerprint density at radius 1 is 1.15 bits per heavy atom. The molecule has 2 N–H and O–H groups in total. The maximum atomic E-state index is 11.7. The van der Waals surface area contributed by atoms with Gasteiger partial charge in [0.15, 0.2) is 0 Å². The van der Waals surface area contributed by atoms with E-state index in [0.717, 1.165) is 23.8 Å². The molecule has 0 radical (unpaired) electrons. The zero-order chi connectivity index (χ0) is 15.1. The van der Waals surface area contributed by atoms with Gasteiger partial charge in [-0.25, -0.2) is 4.79 Å². The number of rotatable bonds is 8. The van der Waals surface area contributed by atoms with Crippen LogP contribution in [0, 0.1) is 0 Å². The smallest absolute Gasteiger partial charge is 0.332 e. The Kier molecular flexibility index (Phi) is 6.02. The number of carbonyl (C=O) groups is 1. The number of hydrogen-bond acceptors (Lipinski definition) is 4. The van der Waals surface area contributed by atoms with E-state index in [2.05, 4.69) is 5.32 Å². The summed E-state index contributed by atoms with van der Waals surface area (Å²) >= 11 is 0. The highest BCUT2D eigenvalue weighted by Gasteiger charge is 2.04. The maximum Gasteiger partial charge on any atom is 0.332 e. The van der Waals surface area contributed by atoms with Crippen LogP contribution < -0.4 is 16.6 Å². The van der Waals surface area contributed by atoms with Crippen LogP contribution in [0.1, 0.15) is 32.1 Å². The van der Waals surface area contributed by atoms with Crippen LogP contribution in [0.3, 0.4) is 0 Å². The Balaban J connectivity index is 2.38. The molecule has 112 valence electrons. The van der Waals surface area contributed by atoms with Crippen molar-refractivity contribution in [3.05, 3.63) is 26.9 Å². The summed E-state index contributed by atoms with van der Waals surface area (Å²) in [5, 5.41) is 11.5. The predicted octanol–water partition coefficient (Wildman–Crippen LogP) is 0.531. The number of carboxylic acids is 1. The molecule has 1 heterocycles. The number of aliphatic carboxylic acids is 1. The first-order chi connectivity index (χ1) is 9.43. The van der Waals surface area contributed by atoms with Crippen molar-refractivity contribution in [3.63, 3.8) is 0 Å². The highest BCUT2D eigenvalue weighted by Crippen LogP contribution is 2.04. The topological polar surface area (TPSA) is 93.3 Å². The van der Waals surface area contributed by atoms with Gasteiger partial charge < -0.3 is 10.4 Å². The summed E-state index contributed by atoms with van der Waals surface area (Å²) in [5.41, 5.74) is -0.696. The summed E-state index contributed by atoms with van der Waals surface area (Å²) in [6, 6.07) is 1.39. The van der Waals surface area contributed by atoms with E-state index in [9.17, 15) is 14.4 Å². The minimum atomic E-state index is -0.766. The van der Waals surface area contributed by atoms with Gasteiger partial charge in [-0.3, -0.25) is 18.7 Å². The fraction of sp³-hybridized carbons (Fsp3) is 0.615. The molecule has 1 aromatic heterocycles. The number of nitrogens with one attached hydrogen (secondary N) is 1. The van der Waals surface area contributed by atoms with Gasteiger partial charge in [0, 0.05) is 33.1 Å². The second kappa shape index (κ2) is 7.52. The van der Waals surface area contributed by atoms with Gasteiger partial charge in [0.25, 0.3) is 5.56 Å². The largest absolute Gasteiger partial charge is 0.481 e. The lowest BCUT2D eigenvalue weighted by Crippen LogP contribution is -2.37. The molecule has 0 atom stereocenters. The van der Waals surface area contributed by atoms with Crippen LogP contribution in [-0.2, 0) is 18.9 Å². The van der Waals surface area contributed by atoms with Gasteiger partial charge in [-0.15, -0.1) is 0 Å². The van der Waals surface area contributed by atoms with E-state index in [0.29, 0.717) is 18.8 Å². The van der Waals surface area contributed by atoms with E-state index in [1.807, 2.05) is 0 Å². The molecule has 20 heavy (non-hydrogen) atoms. The van der Waals surface area contributed by atoms with E-state index < -0.39 is 5.97 Å². The normalized spacial score (nSPS) is 10.5. The Morgan fingerprint density at radius 3 is 2.45 bits per heavy atom. The van der Waals surface area contributed by atoms with Crippen LogP contribution in [0.2, 0.25) is 0 Å². The fourth-order valence-corrected chi connectivity index (χ4v) is 1.87. The monoisotopic (exact) mass is 283 g/mol. The number of aromatic nitrogens is 2. The first kappa shape index (κ1) is 16.0. The van der Waals surface area contributed by atoms with Gasteiger partial charge in [-0.05, 0) is 12.8 Å². The SMILES string of the molecule is Cn1c(NCCCCCCC(=O)O)cc(=O)n(C)c1=O. The molecule has 0 aromatic carbocycles. The first-order valence-electron chi connectivity index (χ1n) is 6.66. The molecule has 0 fully saturated rings. The number of nitrogens with zero attached hydrogens (tertiary/aromatic N) is 2. The molecule has 0 amide bonds. The van der Waals surface area contributed by atoms with E-state index in [1.54, 1.807) is 7.05 Å². The molecule has 0 aliphatic heterocycles. The van der Waals surface area contributed by atoms with Gasteiger partial charge in [0.1, 0.15) is 5.82 Å². The van der Waals surface area contributed by atoms with Crippen LogP contribution in [0.5, 0.6) is 0 Å². The third kappa shape index (κ3) is 4.56. The van der Waals surface area contributed by atoms with Crippen LogP contribution in [0.25, 0.3) is 0 Å². The van der Waals surface area contributed by atoms with Crippen molar-refractivity contribution in [1.29, 1.82) is 0 Å². The van der Waals surface area contributed by atoms with Gasteiger partial charge in [-0.2, -0.15) is 0 Å².